The van der Waals surface area contributed by atoms with Gasteiger partial charge in [-0.3, -0.25) is 4.79 Å². The van der Waals surface area contributed by atoms with Gasteiger partial charge in [0.05, 0.1) is 6.07 Å². The van der Waals surface area contributed by atoms with E-state index < -0.39 is 5.92 Å². The van der Waals surface area contributed by atoms with Gasteiger partial charge in [0.25, 0.3) is 0 Å². The summed E-state index contributed by atoms with van der Waals surface area (Å²) in [6.45, 7) is 3.80. The van der Waals surface area contributed by atoms with Crippen LogP contribution < -0.4 is 0 Å². The van der Waals surface area contributed by atoms with Crippen molar-refractivity contribution in [1.29, 1.82) is 5.26 Å². The zero-order valence-electron chi connectivity index (χ0n) is 8.75. The maximum Gasteiger partial charge on any atom is 0.181 e. The first-order valence-electron chi connectivity index (χ1n) is 4.80. The minimum atomic E-state index is -0.538. The predicted octanol–water partition coefficient (Wildman–Crippen LogP) is 3.49. The number of carbonyl (C=O) groups is 1. The van der Waals surface area contributed by atoms with Gasteiger partial charge >= 0.3 is 0 Å². The first kappa shape index (κ1) is 11.9. The van der Waals surface area contributed by atoms with Gasteiger partial charge < -0.3 is 0 Å². The van der Waals surface area contributed by atoms with Crippen molar-refractivity contribution in [2.45, 2.75) is 20.3 Å². The Labute approximate surface area is 98.0 Å². The Morgan fingerprint density at radius 1 is 1.60 bits per heavy atom. The van der Waals surface area contributed by atoms with Gasteiger partial charge in [0.15, 0.2) is 5.78 Å². The van der Waals surface area contributed by atoms with Gasteiger partial charge in [-0.15, -0.1) is 0 Å². The molecule has 15 heavy (non-hydrogen) atoms. The highest BCUT2D eigenvalue weighted by atomic mass is 79.9. The summed E-state index contributed by atoms with van der Waals surface area (Å²) >= 11 is 3.34. The fraction of sp³-hybridized carbons (Fsp3) is 0.333. The first-order valence-corrected chi connectivity index (χ1v) is 5.59. The lowest BCUT2D eigenvalue weighted by Gasteiger charge is -2.07. The molecule has 0 saturated heterocycles. The van der Waals surface area contributed by atoms with E-state index in [0.29, 0.717) is 12.0 Å². The Morgan fingerprint density at radius 2 is 2.27 bits per heavy atom. The van der Waals surface area contributed by atoms with Gasteiger partial charge in [0, 0.05) is 10.0 Å². The van der Waals surface area contributed by atoms with E-state index in [9.17, 15) is 4.79 Å². The lowest BCUT2D eigenvalue weighted by atomic mass is 9.96. The Kier molecular flexibility index (Phi) is 4.05. The number of halogens is 1. The van der Waals surface area contributed by atoms with Crippen LogP contribution in [0.25, 0.3) is 0 Å². The lowest BCUT2D eigenvalue weighted by molar-refractivity contribution is 0.0946. The molecular formula is C12H12BrNO. The largest absolute Gasteiger partial charge is 0.293 e. The fourth-order valence-electron chi connectivity index (χ4n) is 1.34. The van der Waals surface area contributed by atoms with Crippen LogP contribution in [0.2, 0.25) is 0 Å². The standard InChI is InChI=1S/C12H12BrNO/c1-3-9(7-14)12(15)10-5-4-8(2)6-11(10)13/h4-6,9H,3H2,1-2H3. The Hall–Kier alpha value is -1.14. The topological polar surface area (TPSA) is 40.9 Å². The highest BCUT2D eigenvalue weighted by Gasteiger charge is 2.19. The Balaban J connectivity index is 3.07. The van der Waals surface area contributed by atoms with Gasteiger partial charge in [0.1, 0.15) is 5.92 Å². The number of Topliss-reactive ketones (excluding diaryl/α,β-unsaturated/α-hetero) is 1. The average molecular weight is 266 g/mol. The van der Waals surface area contributed by atoms with Crippen LogP contribution in [0.3, 0.4) is 0 Å². The van der Waals surface area contributed by atoms with Crippen molar-refractivity contribution < 1.29 is 4.79 Å². The van der Waals surface area contributed by atoms with E-state index in [-0.39, 0.29) is 5.78 Å². The number of ketones is 1. The van der Waals surface area contributed by atoms with Crippen LogP contribution >= 0.6 is 15.9 Å². The molecule has 0 heterocycles. The molecule has 0 fully saturated rings. The number of aryl methyl sites for hydroxylation is 1. The van der Waals surface area contributed by atoms with Gasteiger partial charge in [-0.1, -0.05) is 28.9 Å². The third-order valence-corrected chi connectivity index (χ3v) is 2.93. The lowest BCUT2D eigenvalue weighted by Crippen LogP contribution is -2.12. The average Bonchev–Trinajstić information content (AvgIpc) is 2.19. The van der Waals surface area contributed by atoms with Crippen molar-refractivity contribution in [3.05, 3.63) is 33.8 Å². The zero-order valence-corrected chi connectivity index (χ0v) is 10.3. The van der Waals surface area contributed by atoms with Crippen LogP contribution in [0.1, 0.15) is 29.3 Å². The third kappa shape index (κ3) is 2.66. The molecule has 0 N–H and O–H groups in total. The second-order valence-corrected chi connectivity index (χ2v) is 4.29. The van der Waals surface area contributed by atoms with Crippen LogP contribution in [0.5, 0.6) is 0 Å². The maximum absolute atomic E-state index is 11.9. The van der Waals surface area contributed by atoms with Crippen LogP contribution in [0, 0.1) is 24.2 Å². The fourth-order valence-corrected chi connectivity index (χ4v) is 2.03. The minimum absolute atomic E-state index is 0.105. The van der Waals surface area contributed by atoms with Gasteiger partial charge in [-0.2, -0.15) is 5.26 Å². The highest BCUT2D eigenvalue weighted by molar-refractivity contribution is 9.10. The molecule has 0 aliphatic heterocycles. The van der Waals surface area contributed by atoms with Crippen molar-refractivity contribution in [2.24, 2.45) is 5.92 Å². The van der Waals surface area contributed by atoms with Crippen molar-refractivity contribution in [1.82, 2.24) is 0 Å². The molecule has 0 aliphatic rings. The van der Waals surface area contributed by atoms with E-state index in [2.05, 4.69) is 15.9 Å². The van der Waals surface area contributed by atoms with Crippen molar-refractivity contribution in [3.63, 3.8) is 0 Å². The zero-order chi connectivity index (χ0) is 11.4. The second kappa shape index (κ2) is 5.09. The second-order valence-electron chi connectivity index (χ2n) is 3.44. The van der Waals surface area contributed by atoms with Crippen LogP contribution in [-0.4, -0.2) is 5.78 Å². The quantitative estimate of drug-likeness (QED) is 0.786. The molecule has 1 rings (SSSR count). The molecule has 1 atom stereocenters. The number of nitrogens with zero attached hydrogens (tertiary/aromatic N) is 1. The van der Waals surface area contributed by atoms with E-state index in [1.807, 2.05) is 32.0 Å². The maximum atomic E-state index is 11.9. The van der Waals surface area contributed by atoms with E-state index in [1.54, 1.807) is 6.07 Å². The summed E-state index contributed by atoms with van der Waals surface area (Å²) in [4.78, 5) is 11.9. The van der Waals surface area contributed by atoms with Gasteiger partial charge in [0.2, 0.25) is 0 Å². The number of benzene rings is 1. The molecule has 0 radical (unpaired) electrons. The SMILES string of the molecule is CCC(C#N)C(=O)c1ccc(C)cc1Br. The molecule has 3 heteroatoms. The molecule has 0 aromatic heterocycles. The van der Waals surface area contributed by atoms with Gasteiger partial charge in [-0.05, 0) is 31.0 Å². The predicted molar refractivity (Wildman–Crippen MR) is 62.6 cm³/mol. The molecule has 1 unspecified atom stereocenters. The van der Waals surface area contributed by atoms with Crippen LogP contribution in [0.4, 0.5) is 0 Å². The molecule has 0 bridgehead atoms. The van der Waals surface area contributed by atoms with Crippen LogP contribution in [0.15, 0.2) is 22.7 Å². The summed E-state index contributed by atoms with van der Waals surface area (Å²) in [6, 6.07) is 7.55. The summed E-state index contributed by atoms with van der Waals surface area (Å²) < 4.78 is 0.765. The summed E-state index contributed by atoms with van der Waals surface area (Å²) in [7, 11) is 0. The number of rotatable bonds is 3. The normalized spacial score (nSPS) is 11.9. The summed E-state index contributed by atoms with van der Waals surface area (Å²) in [6.07, 6.45) is 0.551. The van der Waals surface area contributed by atoms with E-state index in [4.69, 9.17) is 5.26 Å². The minimum Gasteiger partial charge on any atom is -0.293 e. The molecule has 0 aliphatic carbocycles. The summed E-state index contributed by atoms with van der Waals surface area (Å²) in [5.41, 5.74) is 1.68. The molecular weight excluding hydrogens is 254 g/mol. The molecule has 0 saturated carbocycles. The molecule has 0 spiro atoms. The van der Waals surface area contributed by atoms with Crippen molar-refractivity contribution in [3.8, 4) is 6.07 Å². The monoisotopic (exact) mass is 265 g/mol. The number of nitriles is 1. The smallest absolute Gasteiger partial charge is 0.181 e. The summed E-state index contributed by atoms with van der Waals surface area (Å²) in [5, 5.41) is 8.82. The Bertz CT molecular complexity index is 420. The van der Waals surface area contributed by atoms with Gasteiger partial charge in [-0.25, -0.2) is 0 Å². The van der Waals surface area contributed by atoms with E-state index in [1.165, 1.54) is 0 Å². The third-order valence-electron chi connectivity index (χ3n) is 2.27. The highest BCUT2D eigenvalue weighted by Crippen LogP contribution is 2.22. The Morgan fingerprint density at radius 3 is 2.73 bits per heavy atom. The van der Waals surface area contributed by atoms with E-state index >= 15 is 0 Å². The first-order chi connectivity index (χ1) is 7.10. The molecule has 78 valence electrons. The number of hydrogen-bond acceptors (Lipinski definition) is 2. The molecule has 1 aromatic carbocycles. The molecule has 1 aromatic rings. The van der Waals surface area contributed by atoms with Crippen molar-refractivity contribution in [2.75, 3.05) is 0 Å². The molecule has 2 nitrogen and oxygen atoms in total. The summed E-state index contributed by atoms with van der Waals surface area (Å²) in [5.74, 6) is -0.643. The molecule has 0 amide bonds. The van der Waals surface area contributed by atoms with E-state index in [0.717, 1.165) is 10.0 Å². The number of hydrogen-bond donors (Lipinski definition) is 0. The van der Waals surface area contributed by atoms with Crippen LogP contribution in [-0.2, 0) is 0 Å². The van der Waals surface area contributed by atoms with Crippen molar-refractivity contribution >= 4 is 21.7 Å². The number of carbonyl (C=O) groups excluding carboxylic acids is 1.